The summed E-state index contributed by atoms with van der Waals surface area (Å²) in [6.45, 7) is 7.19. The van der Waals surface area contributed by atoms with Gasteiger partial charge in [0.25, 0.3) is 11.8 Å². The molecule has 0 saturated heterocycles. The first-order valence-electron chi connectivity index (χ1n) is 10.9. The van der Waals surface area contributed by atoms with E-state index in [1.54, 1.807) is 7.11 Å². The lowest BCUT2D eigenvalue weighted by Gasteiger charge is -2.24. The number of hydrogen-bond acceptors (Lipinski definition) is 3. The highest BCUT2D eigenvalue weighted by molar-refractivity contribution is 5.93. The molecule has 1 aliphatic carbocycles. The van der Waals surface area contributed by atoms with Gasteiger partial charge in [-0.2, -0.15) is 0 Å². The molecule has 2 aromatic carbocycles. The lowest BCUT2D eigenvalue weighted by molar-refractivity contribution is -0.862. The zero-order valence-electron chi connectivity index (χ0n) is 19.2. The molecule has 166 valence electrons. The maximum atomic E-state index is 13.0. The summed E-state index contributed by atoms with van der Waals surface area (Å²) in [5.41, 5.74) is 5.24. The van der Waals surface area contributed by atoms with E-state index in [-0.39, 0.29) is 18.4 Å². The molecular formula is C25H34N3O3+. The lowest BCUT2D eigenvalue weighted by Crippen LogP contribution is -3.11. The van der Waals surface area contributed by atoms with Gasteiger partial charge in [0.2, 0.25) is 0 Å². The zero-order chi connectivity index (χ0) is 22.5. The van der Waals surface area contributed by atoms with Crippen LogP contribution in [0.4, 0.5) is 5.69 Å². The van der Waals surface area contributed by atoms with Gasteiger partial charge < -0.3 is 19.9 Å². The monoisotopic (exact) mass is 424 g/mol. The first kappa shape index (κ1) is 22.8. The molecule has 0 aromatic heterocycles. The molecule has 1 atom stereocenters. The van der Waals surface area contributed by atoms with E-state index in [4.69, 9.17) is 4.74 Å². The Morgan fingerprint density at radius 1 is 1.06 bits per heavy atom. The Morgan fingerprint density at radius 2 is 1.68 bits per heavy atom. The van der Waals surface area contributed by atoms with Crippen molar-refractivity contribution in [3.8, 4) is 5.75 Å². The number of carbonyl (C=O) groups is 2. The molecule has 1 fully saturated rings. The van der Waals surface area contributed by atoms with Crippen LogP contribution < -0.4 is 15.0 Å². The highest BCUT2D eigenvalue weighted by Crippen LogP contribution is 2.28. The smallest absolute Gasteiger partial charge is 0.279 e. The van der Waals surface area contributed by atoms with Crippen LogP contribution in [-0.4, -0.2) is 50.0 Å². The summed E-state index contributed by atoms with van der Waals surface area (Å²) in [6.07, 6.45) is 2.10. The quantitative estimate of drug-likeness (QED) is 0.649. The third-order valence-electron chi connectivity index (χ3n) is 5.68. The summed E-state index contributed by atoms with van der Waals surface area (Å²) >= 11 is 0. The maximum absolute atomic E-state index is 13.0. The van der Waals surface area contributed by atoms with Crippen LogP contribution in [0.15, 0.2) is 36.4 Å². The average molecular weight is 425 g/mol. The zero-order valence-corrected chi connectivity index (χ0v) is 19.2. The normalized spacial score (nSPS) is 14.1. The van der Waals surface area contributed by atoms with Crippen LogP contribution in [0.1, 0.15) is 35.1 Å². The Bertz CT molecular complexity index is 913. The van der Waals surface area contributed by atoms with Gasteiger partial charge in [-0.25, -0.2) is 0 Å². The first-order chi connectivity index (χ1) is 14.8. The molecule has 1 aliphatic rings. The van der Waals surface area contributed by atoms with Crippen molar-refractivity contribution in [2.75, 3.05) is 32.6 Å². The van der Waals surface area contributed by atoms with E-state index in [9.17, 15) is 9.59 Å². The van der Waals surface area contributed by atoms with Crippen LogP contribution in [-0.2, 0) is 16.1 Å². The number of methoxy groups -OCH3 is 1. The molecule has 1 saturated carbocycles. The van der Waals surface area contributed by atoms with E-state index < -0.39 is 0 Å². The second-order valence-electron chi connectivity index (χ2n) is 8.73. The largest absolute Gasteiger partial charge is 0.497 e. The Balaban J connectivity index is 1.56. The van der Waals surface area contributed by atoms with Gasteiger partial charge in [-0.3, -0.25) is 9.59 Å². The van der Waals surface area contributed by atoms with Crippen molar-refractivity contribution in [2.45, 2.75) is 46.2 Å². The van der Waals surface area contributed by atoms with Crippen LogP contribution in [0.5, 0.6) is 5.75 Å². The number of quaternary nitrogens is 1. The van der Waals surface area contributed by atoms with Gasteiger partial charge >= 0.3 is 0 Å². The second-order valence-corrected chi connectivity index (χ2v) is 8.73. The first-order valence-corrected chi connectivity index (χ1v) is 10.9. The minimum atomic E-state index is -0.0755. The number of rotatable bonds is 9. The molecule has 2 N–H and O–H groups in total. The van der Waals surface area contributed by atoms with Crippen LogP contribution in [0.25, 0.3) is 0 Å². The molecule has 0 bridgehead atoms. The molecule has 6 nitrogen and oxygen atoms in total. The van der Waals surface area contributed by atoms with Crippen molar-refractivity contribution in [3.63, 3.8) is 0 Å². The third-order valence-corrected chi connectivity index (χ3v) is 5.68. The number of benzene rings is 2. The molecule has 0 radical (unpaired) electrons. The Hall–Kier alpha value is -2.86. The number of carbonyl (C=O) groups excluding carboxylic acids is 2. The van der Waals surface area contributed by atoms with Crippen LogP contribution in [0, 0.1) is 20.8 Å². The molecular weight excluding hydrogens is 390 g/mol. The molecule has 2 aromatic rings. The highest BCUT2D eigenvalue weighted by atomic mass is 16.5. The van der Waals surface area contributed by atoms with Gasteiger partial charge in [-0.05, 0) is 62.4 Å². The molecule has 0 spiro atoms. The molecule has 3 rings (SSSR count). The number of nitrogens with one attached hydrogen (secondary N) is 2. The fourth-order valence-electron chi connectivity index (χ4n) is 3.99. The van der Waals surface area contributed by atoms with Crippen molar-refractivity contribution in [3.05, 3.63) is 58.7 Å². The van der Waals surface area contributed by atoms with Gasteiger partial charge in [-0.15, -0.1) is 0 Å². The third kappa shape index (κ3) is 6.31. The Labute approximate surface area is 185 Å². The van der Waals surface area contributed by atoms with Crippen molar-refractivity contribution < 1.29 is 19.2 Å². The fourth-order valence-corrected chi connectivity index (χ4v) is 3.99. The summed E-state index contributed by atoms with van der Waals surface area (Å²) in [7, 11) is 3.54. The van der Waals surface area contributed by atoms with Crippen molar-refractivity contribution in [2.24, 2.45) is 0 Å². The van der Waals surface area contributed by atoms with Gasteiger partial charge in [0.05, 0.1) is 14.2 Å². The Kier molecular flexibility index (Phi) is 7.33. The number of likely N-dealkylation sites (N-methyl/N-ethyl adjacent to an activating group) is 1. The topological polar surface area (TPSA) is 63.1 Å². The van der Waals surface area contributed by atoms with E-state index in [1.165, 1.54) is 5.56 Å². The molecule has 0 aliphatic heterocycles. The van der Waals surface area contributed by atoms with E-state index in [1.807, 2.05) is 57.0 Å². The minimum absolute atomic E-state index is 0.0755. The fraction of sp³-hybridized carbons (Fsp3) is 0.440. The summed E-state index contributed by atoms with van der Waals surface area (Å²) in [6, 6.07) is 12.3. The summed E-state index contributed by atoms with van der Waals surface area (Å²) < 4.78 is 5.21. The second kappa shape index (κ2) is 9.96. The van der Waals surface area contributed by atoms with Crippen LogP contribution >= 0.6 is 0 Å². The van der Waals surface area contributed by atoms with Gasteiger partial charge in [-0.1, -0.05) is 29.8 Å². The van der Waals surface area contributed by atoms with E-state index in [0.717, 1.165) is 45.9 Å². The van der Waals surface area contributed by atoms with Gasteiger partial charge in [0, 0.05) is 18.3 Å². The van der Waals surface area contributed by atoms with Gasteiger partial charge in [0.1, 0.15) is 5.75 Å². The number of anilines is 1. The molecule has 1 unspecified atom stereocenters. The number of amides is 2. The minimum Gasteiger partial charge on any atom is -0.497 e. The SMILES string of the molecule is COc1ccc(CN(C(=O)C[NH+](C)CC(=O)Nc2c(C)cc(C)cc2C)C2CC2)cc1. The maximum Gasteiger partial charge on any atom is 0.279 e. The number of nitrogens with zero attached hydrogens (tertiary/aromatic N) is 1. The predicted octanol–water partition coefficient (Wildman–Crippen LogP) is 2.26. The van der Waals surface area contributed by atoms with E-state index >= 15 is 0 Å². The highest BCUT2D eigenvalue weighted by Gasteiger charge is 2.34. The van der Waals surface area contributed by atoms with Gasteiger partial charge in [0.15, 0.2) is 13.1 Å². The molecule has 6 heteroatoms. The van der Waals surface area contributed by atoms with Crippen LogP contribution in [0.2, 0.25) is 0 Å². The average Bonchev–Trinajstić information content (AvgIpc) is 3.54. The number of ether oxygens (including phenoxy) is 1. The van der Waals surface area contributed by atoms with Crippen molar-refractivity contribution in [1.29, 1.82) is 0 Å². The van der Waals surface area contributed by atoms with E-state index in [0.29, 0.717) is 19.1 Å². The lowest BCUT2D eigenvalue weighted by atomic mass is 10.1. The Morgan fingerprint density at radius 3 is 2.23 bits per heavy atom. The summed E-state index contributed by atoms with van der Waals surface area (Å²) in [5.74, 6) is 0.821. The molecule has 31 heavy (non-hydrogen) atoms. The van der Waals surface area contributed by atoms with Crippen molar-refractivity contribution in [1.82, 2.24) is 4.90 Å². The van der Waals surface area contributed by atoms with E-state index in [2.05, 4.69) is 17.4 Å². The van der Waals surface area contributed by atoms with Crippen molar-refractivity contribution >= 4 is 17.5 Å². The summed E-state index contributed by atoms with van der Waals surface area (Å²) in [5, 5.41) is 3.03. The standard InChI is InChI=1S/C25H33N3O3/c1-17-12-18(2)25(19(3)13-17)26-23(29)15-27(4)16-24(30)28(21-8-9-21)14-20-6-10-22(31-5)11-7-20/h6-7,10-13,21H,8-9,14-16H2,1-5H3,(H,26,29)/p+1. The molecule has 0 heterocycles. The number of hydrogen-bond donors (Lipinski definition) is 2. The summed E-state index contributed by atoms with van der Waals surface area (Å²) in [4.78, 5) is 28.4. The predicted molar refractivity (Wildman–Crippen MR) is 122 cm³/mol. The number of aryl methyl sites for hydroxylation is 3. The van der Waals surface area contributed by atoms with Crippen LogP contribution in [0.3, 0.4) is 0 Å². The molecule has 2 amide bonds.